The topological polar surface area (TPSA) is 78.3 Å². The molecule has 8 heteroatoms. The molecular formula is C20H24N4O3S. The molecule has 0 unspecified atom stereocenters. The highest BCUT2D eigenvalue weighted by molar-refractivity contribution is 7.99. The lowest BCUT2D eigenvalue weighted by Gasteiger charge is -2.21. The predicted octanol–water partition coefficient (Wildman–Crippen LogP) is 3.23. The number of hydrogen-bond donors (Lipinski definition) is 1. The molecule has 1 N–H and O–H groups in total. The number of benzene rings is 1. The van der Waals surface area contributed by atoms with Gasteiger partial charge in [-0.05, 0) is 50.3 Å². The van der Waals surface area contributed by atoms with Crippen LogP contribution in [0.3, 0.4) is 0 Å². The predicted molar refractivity (Wildman–Crippen MR) is 105 cm³/mol. The number of ether oxygens (including phenoxy) is 2. The van der Waals surface area contributed by atoms with Gasteiger partial charge in [-0.25, -0.2) is 0 Å². The fourth-order valence-electron chi connectivity index (χ4n) is 3.51. The van der Waals surface area contributed by atoms with Gasteiger partial charge in [0.15, 0.2) is 16.7 Å². The summed E-state index contributed by atoms with van der Waals surface area (Å²) in [6, 6.07) is 6.24. The molecule has 0 radical (unpaired) electrons. The molecule has 0 bridgehead atoms. The highest BCUT2D eigenvalue weighted by atomic mass is 32.2. The van der Waals surface area contributed by atoms with Crippen LogP contribution < -0.4 is 14.8 Å². The number of carbonyl (C=O) groups is 1. The van der Waals surface area contributed by atoms with E-state index in [9.17, 15) is 4.79 Å². The van der Waals surface area contributed by atoms with Gasteiger partial charge >= 0.3 is 0 Å². The Bertz CT molecular complexity index is 892. The van der Waals surface area contributed by atoms with E-state index < -0.39 is 0 Å². The summed E-state index contributed by atoms with van der Waals surface area (Å²) in [5.41, 5.74) is 1.000. The van der Waals surface area contributed by atoms with Crippen molar-refractivity contribution in [1.82, 2.24) is 20.1 Å². The molecule has 1 amide bonds. The molecule has 148 valence electrons. The number of rotatable bonds is 7. The second-order valence-electron chi connectivity index (χ2n) is 7.70. The van der Waals surface area contributed by atoms with Crippen LogP contribution in [0.4, 0.5) is 0 Å². The minimum absolute atomic E-state index is 0.00860. The zero-order valence-corrected chi connectivity index (χ0v) is 16.7. The van der Waals surface area contributed by atoms with Gasteiger partial charge in [0.25, 0.3) is 0 Å². The Labute approximate surface area is 168 Å². The lowest BCUT2D eigenvalue weighted by Crippen LogP contribution is -2.28. The van der Waals surface area contributed by atoms with Crippen molar-refractivity contribution in [3.05, 3.63) is 29.6 Å². The second kappa shape index (κ2) is 7.31. The van der Waals surface area contributed by atoms with E-state index in [0.29, 0.717) is 30.9 Å². The number of fused-ring (bicyclic) bond motifs is 1. The zero-order valence-electron chi connectivity index (χ0n) is 15.9. The second-order valence-corrected chi connectivity index (χ2v) is 8.64. The number of carbonyl (C=O) groups excluding carboxylic acids is 1. The minimum atomic E-state index is -0.104. The lowest BCUT2D eigenvalue weighted by atomic mass is 10.1. The van der Waals surface area contributed by atoms with E-state index in [2.05, 4.69) is 20.1 Å². The van der Waals surface area contributed by atoms with Gasteiger partial charge in [-0.2, -0.15) is 0 Å². The molecule has 1 aromatic heterocycles. The van der Waals surface area contributed by atoms with Crippen LogP contribution in [0.2, 0.25) is 0 Å². The fourth-order valence-corrected chi connectivity index (χ4v) is 4.33. The van der Waals surface area contributed by atoms with Gasteiger partial charge in [-0.1, -0.05) is 17.8 Å². The van der Waals surface area contributed by atoms with Gasteiger partial charge in [0.2, 0.25) is 5.91 Å². The van der Waals surface area contributed by atoms with E-state index in [-0.39, 0.29) is 11.9 Å². The SMILES string of the molecule is C[C@@H](NC(=O)CSc1nnc(C2CC2)n1C1CC1)c1ccc2c(c1)OCCO2. The van der Waals surface area contributed by atoms with E-state index in [0.717, 1.165) is 28.0 Å². The highest BCUT2D eigenvalue weighted by Crippen LogP contribution is 2.46. The number of hydrogen-bond acceptors (Lipinski definition) is 6. The van der Waals surface area contributed by atoms with Crippen molar-refractivity contribution in [2.45, 2.75) is 55.8 Å². The van der Waals surface area contributed by atoms with Gasteiger partial charge in [0, 0.05) is 12.0 Å². The van der Waals surface area contributed by atoms with Crippen molar-refractivity contribution in [1.29, 1.82) is 0 Å². The molecule has 1 aromatic carbocycles. The summed E-state index contributed by atoms with van der Waals surface area (Å²) < 4.78 is 13.5. The van der Waals surface area contributed by atoms with Gasteiger partial charge in [-0.15, -0.1) is 10.2 Å². The Morgan fingerprint density at radius 3 is 2.75 bits per heavy atom. The summed E-state index contributed by atoms with van der Waals surface area (Å²) >= 11 is 1.48. The molecule has 0 spiro atoms. The Balaban J connectivity index is 1.20. The standard InChI is InChI=1S/C20H24N4O3S/c1-12(14-4-7-16-17(10-14)27-9-8-26-16)21-18(25)11-28-20-23-22-19(13-2-3-13)24(20)15-5-6-15/h4,7,10,12-13,15H,2-3,5-6,8-9,11H2,1H3,(H,21,25)/t12-/m1/s1. The van der Waals surface area contributed by atoms with Crippen LogP contribution in [0.1, 0.15) is 62.0 Å². The van der Waals surface area contributed by atoms with Gasteiger partial charge in [-0.3, -0.25) is 4.79 Å². The molecule has 2 aliphatic carbocycles. The Morgan fingerprint density at radius 2 is 2.00 bits per heavy atom. The molecule has 28 heavy (non-hydrogen) atoms. The van der Waals surface area contributed by atoms with Crippen LogP contribution in [0.15, 0.2) is 23.4 Å². The number of thioether (sulfide) groups is 1. The van der Waals surface area contributed by atoms with Crippen molar-refractivity contribution < 1.29 is 14.3 Å². The van der Waals surface area contributed by atoms with Gasteiger partial charge in [0.1, 0.15) is 19.0 Å². The van der Waals surface area contributed by atoms with E-state index in [1.54, 1.807) is 0 Å². The molecule has 1 atom stereocenters. The summed E-state index contributed by atoms with van der Waals surface area (Å²) in [6.45, 7) is 3.11. The third kappa shape index (κ3) is 3.70. The molecule has 7 nitrogen and oxygen atoms in total. The van der Waals surface area contributed by atoms with Crippen molar-refractivity contribution in [3.8, 4) is 11.5 Å². The summed E-state index contributed by atoms with van der Waals surface area (Å²) in [5, 5.41) is 12.7. The van der Waals surface area contributed by atoms with Crippen molar-refractivity contribution >= 4 is 17.7 Å². The quantitative estimate of drug-likeness (QED) is 0.719. The summed E-state index contributed by atoms with van der Waals surface area (Å²) in [4.78, 5) is 12.5. The molecule has 0 saturated heterocycles. The third-order valence-corrected chi connectivity index (χ3v) is 6.26. The van der Waals surface area contributed by atoms with Gasteiger partial charge in [0.05, 0.1) is 11.8 Å². The molecule has 1 aliphatic heterocycles. The minimum Gasteiger partial charge on any atom is -0.486 e. The number of aromatic nitrogens is 3. The maximum Gasteiger partial charge on any atom is 0.230 e. The third-order valence-electron chi connectivity index (χ3n) is 5.32. The van der Waals surface area contributed by atoms with E-state index in [1.165, 1.54) is 37.4 Å². The molecule has 3 aliphatic rings. The number of amides is 1. The van der Waals surface area contributed by atoms with Crippen molar-refractivity contribution in [3.63, 3.8) is 0 Å². The van der Waals surface area contributed by atoms with Crippen LogP contribution in [0.25, 0.3) is 0 Å². The fraction of sp³-hybridized carbons (Fsp3) is 0.550. The van der Waals surface area contributed by atoms with Crippen LogP contribution in [-0.4, -0.2) is 39.6 Å². The molecule has 2 heterocycles. The van der Waals surface area contributed by atoms with Crippen LogP contribution in [0, 0.1) is 0 Å². The van der Waals surface area contributed by atoms with Crippen molar-refractivity contribution in [2.75, 3.05) is 19.0 Å². The van der Waals surface area contributed by atoms with E-state index in [1.807, 2.05) is 25.1 Å². The summed E-state index contributed by atoms with van der Waals surface area (Å²) in [7, 11) is 0. The Kier molecular flexibility index (Phi) is 4.66. The highest BCUT2D eigenvalue weighted by Gasteiger charge is 2.36. The number of nitrogens with zero attached hydrogens (tertiary/aromatic N) is 3. The molecule has 2 fully saturated rings. The number of nitrogens with one attached hydrogen (secondary N) is 1. The molecule has 2 aromatic rings. The van der Waals surface area contributed by atoms with Gasteiger partial charge < -0.3 is 19.4 Å². The van der Waals surface area contributed by atoms with E-state index >= 15 is 0 Å². The normalized spacial score (nSPS) is 19.3. The Hall–Kier alpha value is -2.22. The summed E-state index contributed by atoms with van der Waals surface area (Å²) in [5.74, 6) is 3.52. The molecular weight excluding hydrogens is 376 g/mol. The first kappa shape index (κ1) is 17.8. The maximum atomic E-state index is 12.5. The molecule has 5 rings (SSSR count). The van der Waals surface area contributed by atoms with Crippen LogP contribution in [-0.2, 0) is 4.79 Å². The molecule has 2 saturated carbocycles. The lowest BCUT2D eigenvalue weighted by molar-refractivity contribution is -0.119. The maximum absolute atomic E-state index is 12.5. The summed E-state index contributed by atoms with van der Waals surface area (Å²) in [6.07, 6.45) is 4.81. The first-order chi connectivity index (χ1) is 13.7. The zero-order chi connectivity index (χ0) is 19.1. The van der Waals surface area contributed by atoms with E-state index in [4.69, 9.17) is 9.47 Å². The van der Waals surface area contributed by atoms with Crippen LogP contribution >= 0.6 is 11.8 Å². The largest absolute Gasteiger partial charge is 0.486 e. The monoisotopic (exact) mass is 400 g/mol. The Morgan fingerprint density at radius 1 is 1.21 bits per heavy atom. The van der Waals surface area contributed by atoms with Crippen LogP contribution in [0.5, 0.6) is 11.5 Å². The average molecular weight is 401 g/mol. The first-order valence-corrected chi connectivity index (χ1v) is 10.9. The smallest absolute Gasteiger partial charge is 0.230 e. The first-order valence-electron chi connectivity index (χ1n) is 9.95. The average Bonchev–Trinajstić information content (AvgIpc) is 3.64. The van der Waals surface area contributed by atoms with Crippen molar-refractivity contribution in [2.24, 2.45) is 0 Å².